The molecule has 30 heavy (non-hydrogen) atoms. The molecule has 0 aromatic heterocycles. The standard InChI is InChI=1S/C27H42O3/c1-16-7-12-27(29-15-16)17(2)24-23(30-27)14-22-20-6-5-18-13-19(28)8-10-25(18,3)21(20)9-11-26(22,24)4/h17-24,28H,1,5-15H2,2-4H3/t17-,18-,19+,20+,21+,22-,23-,24-,25-,26-,27+/m0/s1. The molecule has 0 bridgehead atoms. The third-order valence-corrected chi connectivity index (χ3v) is 11.7. The van der Waals surface area contributed by atoms with Crippen molar-refractivity contribution in [2.45, 2.75) is 103 Å². The Morgan fingerprint density at radius 3 is 2.53 bits per heavy atom. The Morgan fingerprint density at radius 1 is 0.967 bits per heavy atom. The number of ether oxygens (including phenoxy) is 2. The van der Waals surface area contributed by atoms with Crippen molar-refractivity contribution in [2.24, 2.45) is 46.3 Å². The second kappa shape index (κ2) is 6.58. The first-order chi connectivity index (χ1) is 14.3. The van der Waals surface area contributed by atoms with Crippen LogP contribution in [0.5, 0.6) is 0 Å². The molecule has 6 fully saturated rings. The smallest absolute Gasteiger partial charge is 0.172 e. The van der Waals surface area contributed by atoms with Crippen molar-refractivity contribution in [1.29, 1.82) is 0 Å². The summed E-state index contributed by atoms with van der Waals surface area (Å²) in [7, 11) is 0. The van der Waals surface area contributed by atoms with Crippen LogP contribution in [0.4, 0.5) is 0 Å². The lowest BCUT2D eigenvalue weighted by Gasteiger charge is -2.61. The quantitative estimate of drug-likeness (QED) is 0.516. The first kappa shape index (κ1) is 20.2. The molecule has 2 saturated heterocycles. The molecule has 0 aromatic rings. The van der Waals surface area contributed by atoms with E-state index in [1.54, 1.807) is 0 Å². The van der Waals surface area contributed by atoms with Crippen LogP contribution in [0.15, 0.2) is 12.2 Å². The van der Waals surface area contributed by atoms with Crippen LogP contribution in [0.25, 0.3) is 0 Å². The molecule has 6 aliphatic rings. The highest BCUT2D eigenvalue weighted by Crippen LogP contribution is 2.71. The van der Waals surface area contributed by atoms with E-state index < -0.39 is 0 Å². The molecule has 2 heterocycles. The molecule has 0 amide bonds. The van der Waals surface area contributed by atoms with Gasteiger partial charge in [0.25, 0.3) is 0 Å². The summed E-state index contributed by atoms with van der Waals surface area (Å²) in [4.78, 5) is 0. The fourth-order valence-electron chi connectivity index (χ4n) is 10.1. The van der Waals surface area contributed by atoms with Crippen molar-refractivity contribution in [1.82, 2.24) is 0 Å². The number of fused-ring (bicyclic) bond motifs is 7. The van der Waals surface area contributed by atoms with Gasteiger partial charge in [-0.1, -0.05) is 32.9 Å². The van der Waals surface area contributed by atoms with Crippen molar-refractivity contribution < 1.29 is 14.6 Å². The summed E-state index contributed by atoms with van der Waals surface area (Å²) in [6, 6.07) is 0. The van der Waals surface area contributed by atoms with Crippen LogP contribution in [0.3, 0.4) is 0 Å². The zero-order valence-corrected chi connectivity index (χ0v) is 19.4. The van der Waals surface area contributed by atoms with Crippen molar-refractivity contribution in [3.05, 3.63) is 12.2 Å². The van der Waals surface area contributed by atoms with Gasteiger partial charge in [-0.15, -0.1) is 0 Å². The summed E-state index contributed by atoms with van der Waals surface area (Å²) < 4.78 is 13.2. The summed E-state index contributed by atoms with van der Waals surface area (Å²) >= 11 is 0. The van der Waals surface area contributed by atoms with Gasteiger partial charge in [0.05, 0.1) is 18.8 Å². The second-order valence-electron chi connectivity index (χ2n) is 12.7. The summed E-state index contributed by atoms with van der Waals surface area (Å²) in [5.41, 5.74) is 2.09. The number of hydrogen-bond acceptors (Lipinski definition) is 3. The van der Waals surface area contributed by atoms with Crippen molar-refractivity contribution in [3.8, 4) is 0 Å². The molecular formula is C27H42O3. The Bertz CT molecular complexity index is 722. The fraction of sp³-hybridized carbons (Fsp3) is 0.926. The summed E-state index contributed by atoms with van der Waals surface area (Å²) in [5, 5.41) is 10.3. The zero-order chi connectivity index (χ0) is 20.9. The molecule has 1 spiro atoms. The molecule has 0 unspecified atom stereocenters. The third-order valence-electron chi connectivity index (χ3n) is 11.7. The van der Waals surface area contributed by atoms with E-state index >= 15 is 0 Å². The van der Waals surface area contributed by atoms with Crippen molar-refractivity contribution in [2.75, 3.05) is 6.61 Å². The Kier molecular flexibility index (Phi) is 4.44. The number of rotatable bonds is 0. The molecule has 0 aromatic carbocycles. The minimum atomic E-state index is -0.343. The highest BCUT2D eigenvalue weighted by Gasteiger charge is 2.69. The van der Waals surface area contributed by atoms with Gasteiger partial charge in [0.15, 0.2) is 5.79 Å². The van der Waals surface area contributed by atoms with Gasteiger partial charge < -0.3 is 14.6 Å². The van der Waals surface area contributed by atoms with E-state index in [0.717, 1.165) is 49.4 Å². The van der Waals surface area contributed by atoms with Crippen molar-refractivity contribution in [3.63, 3.8) is 0 Å². The van der Waals surface area contributed by atoms with Gasteiger partial charge in [0.1, 0.15) is 0 Å². The Hall–Kier alpha value is -0.380. The SMILES string of the molecule is C=C1CC[C@@]2(OC1)O[C@H]1C[C@H]3[C@@H]4CC[C@H]5C[C@H](O)CC[C@]5(C)[C@@H]4CC[C@]3(C)[C@H]1[C@@H]2C. The number of hydrogen-bond donors (Lipinski definition) is 1. The first-order valence-corrected chi connectivity index (χ1v) is 12.9. The highest BCUT2D eigenvalue weighted by atomic mass is 16.7. The van der Waals surface area contributed by atoms with Crippen LogP contribution in [-0.2, 0) is 9.47 Å². The Balaban J connectivity index is 1.26. The van der Waals surface area contributed by atoms with E-state index in [1.165, 1.54) is 44.1 Å². The van der Waals surface area contributed by atoms with E-state index in [9.17, 15) is 5.11 Å². The van der Waals surface area contributed by atoms with Gasteiger partial charge in [0, 0.05) is 12.3 Å². The van der Waals surface area contributed by atoms with E-state index in [0.29, 0.717) is 35.4 Å². The maximum Gasteiger partial charge on any atom is 0.172 e. The fourth-order valence-corrected chi connectivity index (χ4v) is 10.1. The lowest BCUT2D eigenvalue weighted by Crippen LogP contribution is -2.55. The molecule has 3 nitrogen and oxygen atoms in total. The summed E-state index contributed by atoms with van der Waals surface area (Å²) in [6.45, 7) is 12.5. The van der Waals surface area contributed by atoms with Crippen LogP contribution >= 0.6 is 0 Å². The van der Waals surface area contributed by atoms with Crippen LogP contribution in [0.1, 0.15) is 85.0 Å². The minimum Gasteiger partial charge on any atom is -0.393 e. The van der Waals surface area contributed by atoms with Crippen LogP contribution in [0.2, 0.25) is 0 Å². The molecule has 0 radical (unpaired) electrons. The maximum absolute atomic E-state index is 10.3. The van der Waals surface area contributed by atoms with Gasteiger partial charge in [-0.3, -0.25) is 0 Å². The highest BCUT2D eigenvalue weighted by molar-refractivity contribution is 5.16. The molecule has 6 rings (SSSR count). The van der Waals surface area contributed by atoms with Crippen molar-refractivity contribution >= 4 is 0 Å². The average Bonchev–Trinajstić information content (AvgIpc) is 3.16. The van der Waals surface area contributed by atoms with Gasteiger partial charge in [-0.05, 0) is 98.2 Å². The lowest BCUT2D eigenvalue weighted by molar-refractivity contribution is -0.256. The van der Waals surface area contributed by atoms with Crippen LogP contribution in [0, 0.1) is 46.3 Å². The Labute approximate surface area is 183 Å². The predicted octanol–water partition coefficient (Wildman–Crippen LogP) is 5.71. The molecule has 11 atom stereocenters. The predicted molar refractivity (Wildman–Crippen MR) is 118 cm³/mol. The van der Waals surface area contributed by atoms with Gasteiger partial charge in [0.2, 0.25) is 0 Å². The monoisotopic (exact) mass is 414 g/mol. The largest absolute Gasteiger partial charge is 0.393 e. The van der Waals surface area contributed by atoms with E-state index in [1.807, 2.05) is 0 Å². The zero-order valence-electron chi connectivity index (χ0n) is 19.4. The second-order valence-corrected chi connectivity index (χ2v) is 12.7. The normalized spacial score (nSPS) is 60.1. The van der Waals surface area contributed by atoms with Gasteiger partial charge >= 0.3 is 0 Å². The molecule has 168 valence electrons. The maximum atomic E-state index is 10.3. The Morgan fingerprint density at radius 2 is 1.77 bits per heavy atom. The molecule has 4 aliphatic carbocycles. The third kappa shape index (κ3) is 2.55. The van der Waals surface area contributed by atoms with E-state index in [4.69, 9.17) is 9.47 Å². The lowest BCUT2D eigenvalue weighted by atomic mass is 9.44. The molecular weight excluding hydrogens is 372 g/mol. The molecule has 3 heteroatoms. The summed E-state index contributed by atoms with van der Waals surface area (Å²) in [6.07, 6.45) is 12.4. The van der Waals surface area contributed by atoms with Gasteiger partial charge in [-0.25, -0.2) is 0 Å². The first-order valence-electron chi connectivity index (χ1n) is 12.9. The molecule has 1 N–H and O–H groups in total. The van der Waals surface area contributed by atoms with E-state index in [2.05, 4.69) is 27.4 Å². The topological polar surface area (TPSA) is 38.7 Å². The number of aliphatic hydroxyl groups is 1. The molecule has 2 aliphatic heterocycles. The van der Waals surface area contributed by atoms with Gasteiger partial charge in [-0.2, -0.15) is 0 Å². The summed E-state index contributed by atoms with van der Waals surface area (Å²) in [5.74, 6) is 4.07. The number of aliphatic hydroxyl groups excluding tert-OH is 1. The molecule has 4 saturated carbocycles. The van der Waals surface area contributed by atoms with Crippen LogP contribution in [-0.4, -0.2) is 29.7 Å². The minimum absolute atomic E-state index is 0.0451. The van der Waals surface area contributed by atoms with Crippen LogP contribution < -0.4 is 0 Å². The average molecular weight is 415 g/mol. The van der Waals surface area contributed by atoms with E-state index in [-0.39, 0.29) is 11.9 Å².